The molecule has 1 aromatic heterocycles. The van der Waals surface area contributed by atoms with Gasteiger partial charge in [-0.05, 0) is 36.5 Å². The van der Waals surface area contributed by atoms with Crippen LogP contribution in [0.2, 0.25) is 0 Å². The lowest BCUT2D eigenvalue weighted by molar-refractivity contribution is 0.0474. The standard InChI is InChI=1S/C20H17NO2/c22-20(23-13-14-7-2-1-3-8-14)19-15-9-4-5-11-17(15)21-18-12-6-10-16(18)19/h1-5,7-9,11H,6,10,12-13H2. The smallest absolute Gasteiger partial charge is 0.339 e. The first-order valence-corrected chi connectivity index (χ1v) is 7.94. The predicted octanol–water partition coefficient (Wildman–Crippen LogP) is 4.08. The Kier molecular flexibility index (Phi) is 3.54. The topological polar surface area (TPSA) is 39.2 Å². The van der Waals surface area contributed by atoms with Crippen LogP contribution >= 0.6 is 0 Å². The maximum Gasteiger partial charge on any atom is 0.339 e. The van der Waals surface area contributed by atoms with Gasteiger partial charge in [0.05, 0.1) is 11.1 Å². The zero-order valence-electron chi connectivity index (χ0n) is 12.8. The normalized spacial score (nSPS) is 13.0. The van der Waals surface area contributed by atoms with Crippen LogP contribution in [0, 0.1) is 0 Å². The van der Waals surface area contributed by atoms with Gasteiger partial charge < -0.3 is 4.74 Å². The van der Waals surface area contributed by atoms with E-state index < -0.39 is 0 Å². The Balaban J connectivity index is 1.71. The van der Waals surface area contributed by atoms with Crippen molar-refractivity contribution in [3.05, 3.63) is 77.0 Å². The highest BCUT2D eigenvalue weighted by Crippen LogP contribution is 2.30. The number of hydrogen-bond donors (Lipinski definition) is 0. The number of aromatic nitrogens is 1. The van der Waals surface area contributed by atoms with Gasteiger partial charge in [0.25, 0.3) is 0 Å². The Hall–Kier alpha value is -2.68. The molecule has 0 saturated heterocycles. The molecular weight excluding hydrogens is 286 g/mol. The number of fused-ring (bicyclic) bond motifs is 2. The molecule has 0 unspecified atom stereocenters. The second kappa shape index (κ2) is 5.84. The molecule has 4 rings (SSSR count). The zero-order valence-corrected chi connectivity index (χ0v) is 12.8. The summed E-state index contributed by atoms with van der Waals surface area (Å²) >= 11 is 0. The minimum atomic E-state index is -0.245. The molecule has 3 nitrogen and oxygen atoms in total. The Labute approximate surface area is 134 Å². The second-order valence-electron chi connectivity index (χ2n) is 5.84. The summed E-state index contributed by atoms with van der Waals surface area (Å²) < 4.78 is 5.58. The van der Waals surface area contributed by atoms with Gasteiger partial charge in [0, 0.05) is 11.1 Å². The SMILES string of the molecule is O=C(OCc1ccccc1)c1c2c(nc3ccccc13)CCC2. The molecule has 0 amide bonds. The third kappa shape index (κ3) is 2.59. The molecule has 23 heavy (non-hydrogen) atoms. The van der Waals surface area contributed by atoms with Crippen LogP contribution in [-0.2, 0) is 24.2 Å². The molecule has 0 aliphatic heterocycles. The average molecular weight is 303 g/mol. The highest BCUT2D eigenvalue weighted by atomic mass is 16.5. The van der Waals surface area contributed by atoms with Gasteiger partial charge in [-0.2, -0.15) is 0 Å². The van der Waals surface area contributed by atoms with E-state index in [0.29, 0.717) is 12.2 Å². The number of rotatable bonds is 3. The molecule has 1 heterocycles. The van der Waals surface area contributed by atoms with Crippen molar-refractivity contribution < 1.29 is 9.53 Å². The van der Waals surface area contributed by atoms with Gasteiger partial charge in [0.15, 0.2) is 0 Å². The first-order valence-electron chi connectivity index (χ1n) is 7.94. The molecule has 3 aromatic rings. The van der Waals surface area contributed by atoms with Gasteiger partial charge in [-0.25, -0.2) is 4.79 Å². The van der Waals surface area contributed by atoms with E-state index in [1.165, 1.54) is 0 Å². The molecule has 2 aromatic carbocycles. The van der Waals surface area contributed by atoms with E-state index in [0.717, 1.165) is 47.0 Å². The van der Waals surface area contributed by atoms with Gasteiger partial charge in [0.2, 0.25) is 0 Å². The molecule has 0 bridgehead atoms. The third-order valence-electron chi connectivity index (χ3n) is 4.34. The van der Waals surface area contributed by atoms with E-state index in [1.807, 2.05) is 54.6 Å². The van der Waals surface area contributed by atoms with Crippen molar-refractivity contribution in [1.29, 1.82) is 0 Å². The fraction of sp³-hybridized carbons (Fsp3) is 0.200. The van der Waals surface area contributed by atoms with Gasteiger partial charge in [0.1, 0.15) is 6.61 Å². The Morgan fingerprint density at radius 2 is 1.78 bits per heavy atom. The number of pyridine rings is 1. The average Bonchev–Trinajstić information content (AvgIpc) is 3.06. The first-order chi connectivity index (χ1) is 11.3. The van der Waals surface area contributed by atoms with Crippen molar-refractivity contribution in [2.75, 3.05) is 0 Å². The number of ether oxygens (including phenoxy) is 1. The van der Waals surface area contributed by atoms with Gasteiger partial charge in [-0.3, -0.25) is 4.98 Å². The molecule has 0 saturated carbocycles. The molecule has 0 atom stereocenters. The fourth-order valence-electron chi connectivity index (χ4n) is 3.24. The highest BCUT2D eigenvalue weighted by molar-refractivity contribution is 6.05. The predicted molar refractivity (Wildman–Crippen MR) is 89.3 cm³/mol. The fourth-order valence-corrected chi connectivity index (χ4v) is 3.24. The van der Waals surface area contributed by atoms with E-state index in [9.17, 15) is 4.79 Å². The van der Waals surface area contributed by atoms with Crippen LogP contribution in [0.3, 0.4) is 0 Å². The largest absolute Gasteiger partial charge is 0.457 e. The monoisotopic (exact) mass is 303 g/mol. The number of nitrogens with zero attached hydrogens (tertiary/aromatic N) is 1. The van der Waals surface area contributed by atoms with E-state index in [4.69, 9.17) is 9.72 Å². The quantitative estimate of drug-likeness (QED) is 0.684. The van der Waals surface area contributed by atoms with Gasteiger partial charge >= 0.3 is 5.97 Å². The molecule has 1 aliphatic rings. The van der Waals surface area contributed by atoms with E-state index in [-0.39, 0.29) is 5.97 Å². The zero-order chi connectivity index (χ0) is 15.6. The summed E-state index contributed by atoms with van der Waals surface area (Å²) in [5, 5.41) is 0.895. The summed E-state index contributed by atoms with van der Waals surface area (Å²) in [7, 11) is 0. The van der Waals surface area contributed by atoms with Crippen LogP contribution in [0.4, 0.5) is 0 Å². The van der Waals surface area contributed by atoms with E-state index in [1.54, 1.807) is 0 Å². The second-order valence-corrected chi connectivity index (χ2v) is 5.84. The maximum absolute atomic E-state index is 12.7. The van der Waals surface area contributed by atoms with Crippen molar-refractivity contribution in [3.8, 4) is 0 Å². The lowest BCUT2D eigenvalue weighted by Crippen LogP contribution is -2.10. The first kappa shape index (κ1) is 13.9. The summed E-state index contributed by atoms with van der Waals surface area (Å²) in [6, 6.07) is 17.6. The van der Waals surface area contributed by atoms with Crippen molar-refractivity contribution >= 4 is 16.9 Å². The molecule has 114 valence electrons. The number of aryl methyl sites for hydroxylation is 1. The number of hydrogen-bond acceptors (Lipinski definition) is 3. The molecule has 0 spiro atoms. The number of carbonyl (C=O) groups excluding carboxylic acids is 1. The molecule has 0 N–H and O–H groups in total. The van der Waals surface area contributed by atoms with Crippen LogP contribution < -0.4 is 0 Å². The minimum absolute atomic E-state index is 0.245. The van der Waals surface area contributed by atoms with Gasteiger partial charge in [-0.15, -0.1) is 0 Å². The Morgan fingerprint density at radius 3 is 2.65 bits per heavy atom. The minimum Gasteiger partial charge on any atom is -0.457 e. The maximum atomic E-state index is 12.7. The van der Waals surface area contributed by atoms with Crippen molar-refractivity contribution in [2.24, 2.45) is 0 Å². The van der Waals surface area contributed by atoms with Crippen molar-refractivity contribution in [1.82, 2.24) is 4.98 Å². The summed E-state index contributed by atoms with van der Waals surface area (Å²) in [6.07, 6.45) is 2.90. The highest BCUT2D eigenvalue weighted by Gasteiger charge is 2.24. The lowest BCUT2D eigenvalue weighted by Gasteiger charge is -2.12. The summed E-state index contributed by atoms with van der Waals surface area (Å²) in [6.45, 7) is 0.297. The van der Waals surface area contributed by atoms with Gasteiger partial charge in [-0.1, -0.05) is 48.5 Å². The number of benzene rings is 2. The molecule has 3 heteroatoms. The Bertz CT molecular complexity index is 871. The van der Waals surface area contributed by atoms with Crippen LogP contribution in [0.15, 0.2) is 54.6 Å². The van der Waals surface area contributed by atoms with Crippen molar-refractivity contribution in [2.45, 2.75) is 25.9 Å². The lowest BCUT2D eigenvalue weighted by atomic mass is 10.0. The number of para-hydroxylation sites is 1. The molecule has 1 aliphatic carbocycles. The number of esters is 1. The van der Waals surface area contributed by atoms with Crippen LogP contribution in [0.1, 0.15) is 33.6 Å². The molecular formula is C20H17NO2. The van der Waals surface area contributed by atoms with Crippen LogP contribution in [-0.4, -0.2) is 11.0 Å². The molecule has 0 fully saturated rings. The van der Waals surface area contributed by atoms with E-state index in [2.05, 4.69) is 0 Å². The summed E-state index contributed by atoms with van der Waals surface area (Å²) in [4.78, 5) is 17.5. The van der Waals surface area contributed by atoms with Crippen LogP contribution in [0.5, 0.6) is 0 Å². The molecule has 0 radical (unpaired) electrons. The summed E-state index contributed by atoms with van der Waals surface area (Å²) in [5.41, 5.74) is 4.70. The Morgan fingerprint density at radius 1 is 1.00 bits per heavy atom. The number of carbonyl (C=O) groups is 1. The van der Waals surface area contributed by atoms with Crippen LogP contribution in [0.25, 0.3) is 10.9 Å². The summed E-state index contributed by atoms with van der Waals surface area (Å²) in [5.74, 6) is -0.245. The third-order valence-corrected chi connectivity index (χ3v) is 4.34. The van der Waals surface area contributed by atoms with Crippen molar-refractivity contribution in [3.63, 3.8) is 0 Å². The van der Waals surface area contributed by atoms with E-state index >= 15 is 0 Å².